The molecular weight excluding hydrogens is 396 g/mol. The average molecular weight is 443 g/mol. The molecule has 5 rings (SSSR count). The van der Waals surface area contributed by atoms with Crippen LogP contribution in [0.4, 0.5) is 0 Å². The van der Waals surface area contributed by atoms with E-state index < -0.39 is 11.4 Å². The standard InChI is InChI=1S/C29H46O3/c1-17(2)18-9-15-29(25(31)32)16-10-20-19(24(18)29)7-8-22-27(20,5)13-11-21-26(3,4)23(30)12-14-28(21,22)6/h18-24,30H,1,7-16H2,2-6H3,(H,31,32)/t18-,19?,20?,21?,22?,23-,24?,27-,28-,29-/m0/s1. The molecule has 2 N–H and O–H groups in total. The van der Waals surface area contributed by atoms with Gasteiger partial charge in [-0.3, -0.25) is 4.79 Å². The Morgan fingerprint density at radius 1 is 0.844 bits per heavy atom. The minimum atomic E-state index is -0.532. The van der Waals surface area contributed by atoms with Crippen molar-refractivity contribution in [1.82, 2.24) is 0 Å². The average Bonchev–Trinajstić information content (AvgIpc) is 3.12. The number of aliphatic hydroxyl groups excluding tert-OH is 1. The lowest BCUT2D eigenvalue weighted by Gasteiger charge is -2.69. The van der Waals surface area contributed by atoms with Crippen molar-refractivity contribution in [3.05, 3.63) is 12.2 Å². The van der Waals surface area contributed by atoms with Crippen LogP contribution >= 0.6 is 0 Å². The quantitative estimate of drug-likeness (QED) is 0.468. The molecule has 3 heteroatoms. The van der Waals surface area contributed by atoms with E-state index in [0.29, 0.717) is 40.4 Å². The molecule has 0 aromatic carbocycles. The summed E-state index contributed by atoms with van der Waals surface area (Å²) in [6.45, 7) is 16.2. The topological polar surface area (TPSA) is 57.5 Å². The molecule has 0 saturated heterocycles. The summed E-state index contributed by atoms with van der Waals surface area (Å²) >= 11 is 0. The molecule has 0 radical (unpaired) electrons. The fourth-order valence-electron chi connectivity index (χ4n) is 11.2. The number of rotatable bonds is 2. The number of hydrogen-bond donors (Lipinski definition) is 2. The zero-order valence-electron chi connectivity index (χ0n) is 21.1. The molecule has 0 heterocycles. The normalized spacial score (nSPS) is 54.0. The van der Waals surface area contributed by atoms with Gasteiger partial charge in [-0.2, -0.15) is 0 Å². The molecule has 5 aliphatic carbocycles. The summed E-state index contributed by atoms with van der Waals surface area (Å²) in [5, 5.41) is 21.2. The third kappa shape index (κ3) is 2.72. The minimum absolute atomic E-state index is 0.00724. The highest BCUT2D eigenvalue weighted by atomic mass is 16.4. The van der Waals surface area contributed by atoms with Crippen molar-refractivity contribution in [2.24, 2.45) is 57.2 Å². The zero-order valence-corrected chi connectivity index (χ0v) is 21.1. The van der Waals surface area contributed by atoms with Crippen LogP contribution in [-0.4, -0.2) is 22.3 Å². The van der Waals surface area contributed by atoms with E-state index in [2.05, 4.69) is 41.2 Å². The Morgan fingerprint density at radius 2 is 1.50 bits per heavy atom. The van der Waals surface area contributed by atoms with Gasteiger partial charge in [0.25, 0.3) is 0 Å². The first-order valence-corrected chi connectivity index (χ1v) is 13.5. The lowest BCUT2D eigenvalue weighted by molar-refractivity contribution is -0.217. The predicted molar refractivity (Wildman–Crippen MR) is 128 cm³/mol. The van der Waals surface area contributed by atoms with Gasteiger partial charge >= 0.3 is 5.97 Å². The molecule has 0 spiro atoms. The molecule has 5 unspecified atom stereocenters. The number of fused-ring (bicyclic) bond motifs is 7. The molecule has 0 amide bonds. The summed E-state index contributed by atoms with van der Waals surface area (Å²) in [4.78, 5) is 12.7. The van der Waals surface area contributed by atoms with E-state index in [0.717, 1.165) is 38.5 Å². The van der Waals surface area contributed by atoms with Gasteiger partial charge in [0, 0.05) is 0 Å². The third-order valence-electron chi connectivity index (χ3n) is 12.6. The highest BCUT2D eigenvalue weighted by molar-refractivity contribution is 5.76. The summed E-state index contributed by atoms with van der Waals surface area (Å²) in [6, 6.07) is 0. The second-order valence-electron chi connectivity index (χ2n) is 13.9. The highest BCUT2D eigenvalue weighted by Crippen LogP contribution is 2.73. The van der Waals surface area contributed by atoms with Gasteiger partial charge in [0.15, 0.2) is 0 Å². The van der Waals surface area contributed by atoms with Crippen LogP contribution in [0.1, 0.15) is 98.8 Å². The Balaban J connectivity index is 1.52. The molecule has 10 atom stereocenters. The monoisotopic (exact) mass is 442 g/mol. The molecule has 180 valence electrons. The Labute approximate surface area is 195 Å². The first-order valence-electron chi connectivity index (χ1n) is 13.5. The van der Waals surface area contributed by atoms with Crippen molar-refractivity contribution in [2.45, 2.75) is 105 Å². The van der Waals surface area contributed by atoms with Gasteiger partial charge < -0.3 is 10.2 Å². The Hall–Kier alpha value is -0.830. The van der Waals surface area contributed by atoms with Crippen LogP contribution in [0.25, 0.3) is 0 Å². The van der Waals surface area contributed by atoms with E-state index in [1.54, 1.807) is 0 Å². The molecule has 0 aromatic rings. The lowest BCUT2D eigenvalue weighted by Crippen LogP contribution is -2.63. The van der Waals surface area contributed by atoms with Gasteiger partial charge in [-0.05, 0) is 123 Å². The fourth-order valence-corrected chi connectivity index (χ4v) is 11.2. The molecule has 0 bridgehead atoms. The van der Waals surface area contributed by atoms with Crippen molar-refractivity contribution in [3.63, 3.8) is 0 Å². The molecule has 32 heavy (non-hydrogen) atoms. The number of carboxylic acid groups (broad SMARTS) is 1. The Kier molecular flexibility index (Phi) is 5.08. The third-order valence-corrected chi connectivity index (χ3v) is 12.6. The maximum absolute atomic E-state index is 12.7. The number of hydrogen-bond acceptors (Lipinski definition) is 2. The summed E-state index contributed by atoms with van der Waals surface area (Å²) in [5.74, 6) is 2.60. The summed E-state index contributed by atoms with van der Waals surface area (Å²) in [5.41, 5.74) is 1.30. The van der Waals surface area contributed by atoms with Crippen molar-refractivity contribution in [3.8, 4) is 0 Å². The number of carboxylic acids is 1. The number of aliphatic hydroxyl groups is 1. The predicted octanol–water partition coefficient (Wildman–Crippen LogP) is 6.70. The van der Waals surface area contributed by atoms with Gasteiger partial charge in [0.2, 0.25) is 0 Å². The van der Waals surface area contributed by atoms with Crippen molar-refractivity contribution in [2.75, 3.05) is 0 Å². The second-order valence-corrected chi connectivity index (χ2v) is 13.9. The maximum Gasteiger partial charge on any atom is 0.309 e. The smallest absolute Gasteiger partial charge is 0.309 e. The first kappa shape index (κ1) is 22.9. The van der Waals surface area contributed by atoms with E-state index in [1.807, 2.05) is 0 Å². The molecule has 5 aliphatic rings. The summed E-state index contributed by atoms with van der Waals surface area (Å²) in [6.07, 6.45) is 10.6. The van der Waals surface area contributed by atoms with Crippen LogP contribution in [0.3, 0.4) is 0 Å². The molecule has 5 saturated carbocycles. The van der Waals surface area contributed by atoms with Crippen molar-refractivity contribution in [1.29, 1.82) is 0 Å². The lowest BCUT2D eigenvalue weighted by atomic mass is 9.36. The fraction of sp³-hybridized carbons (Fsp3) is 0.897. The number of carbonyl (C=O) groups is 1. The number of aliphatic carboxylic acids is 1. The van der Waals surface area contributed by atoms with Gasteiger partial charge in [0.05, 0.1) is 11.5 Å². The van der Waals surface area contributed by atoms with Crippen molar-refractivity contribution < 1.29 is 15.0 Å². The molecular formula is C29H46O3. The van der Waals surface area contributed by atoms with Crippen LogP contribution in [-0.2, 0) is 4.79 Å². The minimum Gasteiger partial charge on any atom is -0.481 e. The maximum atomic E-state index is 12.7. The van der Waals surface area contributed by atoms with Crippen LogP contribution < -0.4 is 0 Å². The van der Waals surface area contributed by atoms with Crippen LogP contribution in [0.2, 0.25) is 0 Å². The van der Waals surface area contributed by atoms with Crippen LogP contribution in [0, 0.1) is 57.2 Å². The van der Waals surface area contributed by atoms with Crippen LogP contribution in [0.5, 0.6) is 0 Å². The van der Waals surface area contributed by atoms with E-state index in [-0.39, 0.29) is 17.4 Å². The summed E-state index contributed by atoms with van der Waals surface area (Å²) < 4.78 is 0. The molecule has 0 aliphatic heterocycles. The van der Waals surface area contributed by atoms with Crippen LogP contribution in [0.15, 0.2) is 12.2 Å². The first-order chi connectivity index (χ1) is 14.9. The van der Waals surface area contributed by atoms with Gasteiger partial charge in [-0.15, -0.1) is 0 Å². The SMILES string of the molecule is C=C(C)[C@@H]1CC[C@]2(C(=O)O)CCC3C(CCC4[C@@]3(C)CCC3C(C)(C)[C@@H](O)CC[C@@]34C)C12. The second kappa shape index (κ2) is 7.09. The molecule has 3 nitrogen and oxygen atoms in total. The van der Waals surface area contributed by atoms with Gasteiger partial charge in [0.1, 0.15) is 0 Å². The molecule has 5 fully saturated rings. The van der Waals surface area contributed by atoms with Gasteiger partial charge in [-0.25, -0.2) is 0 Å². The van der Waals surface area contributed by atoms with E-state index in [1.165, 1.54) is 31.3 Å². The Morgan fingerprint density at radius 3 is 2.16 bits per heavy atom. The number of allylic oxidation sites excluding steroid dienone is 1. The summed E-state index contributed by atoms with van der Waals surface area (Å²) in [7, 11) is 0. The highest BCUT2D eigenvalue weighted by Gasteiger charge is 2.68. The van der Waals surface area contributed by atoms with E-state index in [9.17, 15) is 15.0 Å². The van der Waals surface area contributed by atoms with Crippen molar-refractivity contribution >= 4 is 5.97 Å². The van der Waals surface area contributed by atoms with E-state index >= 15 is 0 Å². The Bertz CT molecular complexity index is 815. The van der Waals surface area contributed by atoms with Gasteiger partial charge in [-0.1, -0.05) is 39.8 Å². The zero-order chi connectivity index (χ0) is 23.3. The molecule has 0 aromatic heterocycles. The van der Waals surface area contributed by atoms with E-state index in [4.69, 9.17) is 0 Å². The largest absolute Gasteiger partial charge is 0.481 e.